The Morgan fingerprint density at radius 1 is 1.03 bits per heavy atom. The molecule has 30 heavy (non-hydrogen) atoms. The van der Waals surface area contributed by atoms with E-state index >= 15 is 0 Å². The number of carbonyl (C=O) groups excluding carboxylic acids is 1. The van der Waals surface area contributed by atoms with E-state index < -0.39 is 10.8 Å². The maximum absolute atomic E-state index is 12.2. The van der Waals surface area contributed by atoms with Crippen LogP contribution < -0.4 is 10.2 Å². The molecule has 10 heteroatoms. The van der Waals surface area contributed by atoms with Gasteiger partial charge in [-0.15, -0.1) is 0 Å². The highest BCUT2D eigenvalue weighted by molar-refractivity contribution is 5.98. The number of nitrogens with zero attached hydrogens (tertiary/aromatic N) is 5. The van der Waals surface area contributed by atoms with Gasteiger partial charge in [-0.25, -0.2) is 10.4 Å². The Kier molecular flexibility index (Phi) is 6.88. The van der Waals surface area contributed by atoms with Crippen molar-refractivity contribution in [1.29, 1.82) is 0 Å². The molecule has 0 radical (unpaired) electrons. The molecule has 0 spiro atoms. The molecule has 0 fully saturated rings. The molecular weight excluding hydrogens is 388 g/mol. The predicted molar refractivity (Wildman–Crippen MR) is 110 cm³/mol. The Hall–Kier alpha value is -4.47. The molecule has 0 aliphatic heterocycles. The van der Waals surface area contributed by atoms with Gasteiger partial charge >= 0.3 is 0 Å². The predicted octanol–water partition coefficient (Wildman–Crippen LogP) is 2.63. The molecule has 1 amide bonds. The van der Waals surface area contributed by atoms with Crippen LogP contribution in [0.4, 0.5) is 5.69 Å². The average molecular weight is 404 g/mol. The zero-order valence-corrected chi connectivity index (χ0v) is 15.6. The molecular formula is C20H16N6O4. The number of nitro benzene ring substituents is 1. The van der Waals surface area contributed by atoms with Gasteiger partial charge in [0.2, 0.25) is 0 Å². The van der Waals surface area contributed by atoms with Gasteiger partial charge in [0.15, 0.2) is 5.84 Å². The molecule has 2 heterocycles. The summed E-state index contributed by atoms with van der Waals surface area (Å²) in [6.07, 6.45) is 7.80. The molecule has 10 nitrogen and oxygen atoms in total. The summed E-state index contributed by atoms with van der Waals surface area (Å²) in [4.78, 5) is 34.5. The van der Waals surface area contributed by atoms with Gasteiger partial charge in [-0.1, -0.05) is 0 Å². The van der Waals surface area contributed by atoms with Crippen LogP contribution in [0.3, 0.4) is 0 Å². The Labute approximate surface area is 171 Å². The largest absolute Gasteiger partial charge is 0.486 e. The maximum Gasteiger partial charge on any atom is 0.271 e. The van der Waals surface area contributed by atoms with Crippen LogP contribution in [0.2, 0.25) is 0 Å². The number of carbonyl (C=O) groups is 1. The van der Waals surface area contributed by atoms with E-state index in [0.29, 0.717) is 11.3 Å². The molecule has 0 unspecified atom stereocenters. The summed E-state index contributed by atoms with van der Waals surface area (Å²) in [6, 6.07) is 12.2. The average Bonchev–Trinajstić information content (AvgIpc) is 2.80. The van der Waals surface area contributed by atoms with Crippen LogP contribution in [0.5, 0.6) is 5.75 Å². The Morgan fingerprint density at radius 3 is 2.30 bits per heavy atom. The molecule has 0 saturated heterocycles. The molecule has 150 valence electrons. The number of pyridine rings is 2. The minimum Gasteiger partial charge on any atom is -0.486 e. The summed E-state index contributed by atoms with van der Waals surface area (Å²) >= 11 is 0. The number of nitrogens with one attached hydrogen (secondary N) is 1. The molecule has 0 aliphatic rings. The molecule has 3 aromatic rings. The number of hydrazone groups is 1. The zero-order chi connectivity index (χ0) is 21.2. The number of amidine groups is 1. The lowest BCUT2D eigenvalue weighted by Gasteiger charge is -2.06. The number of aromatic nitrogens is 2. The third kappa shape index (κ3) is 6.02. The van der Waals surface area contributed by atoms with Crippen molar-refractivity contribution in [3.8, 4) is 5.75 Å². The van der Waals surface area contributed by atoms with Gasteiger partial charge in [-0.05, 0) is 42.0 Å². The molecule has 0 saturated carbocycles. The Balaban J connectivity index is 1.72. The van der Waals surface area contributed by atoms with Crippen molar-refractivity contribution >= 4 is 23.6 Å². The number of ether oxygens (including phenoxy) is 1. The smallest absolute Gasteiger partial charge is 0.271 e. The fourth-order valence-electron chi connectivity index (χ4n) is 2.19. The summed E-state index contributed by atoms with van der Waals surface area (Å²) in [7, 11) is 0. The number of amides is 1. The first kappa shape index (κ1) is 20.3. The van der Waals surface area contributed by atoms with Crippen LogP contribution in [-0.2, 0) is 0 Å². The summed E-state index contributed by atoms with van der Waals surface area (Å²) in [6.45, 7) is -0.0734. The van der Waals surface area contributed by atoms with Crippen LogP contribution >= 0.6 is 0 Å². The van der Waals surface area contributed by atoms with E-state index in [1.165, 1.54) is 36.7 Å². The van der Waals surface area contributed by atoms with Crippen molar-refractivity contribution in [2.24, 2.45) is 10.1 Å². The summed E-state index contributed by atoms with van der Waals surface area (Å²) in [5.74, 6) is 0.157. The van der Waals surface area contributed by atoms with E-state index in [-0.39, 0.29) is 18.1 Å². The second-order valence-corrected chi connectivity index (χ2v) is 5.78. The highest BCUT2D eigenvalue weighted by Gasteiger charge is 2.07. The number of nitro groups is 1. The Bertz CT molecular complexity index is 1050. The number of rotatable bonds is 7. The van der Waals surface area contributed by atoms with Gasteiger partial charge in [0.05, 0.1) is 4.92 Å². The van der Waals surface area contributed by atoms with Crippen molar-refractivity contribution in [1.82, 2.24) is 15.4 Å². The van der Waals surface area contributed by atoms with Gasteiger partial charge in [-0.2, -0.15) is 5.10 Å². The standard InChI is InChI=1S/C20H16N6O4/c27-20(16-7-11-22-12-8-16)25-24-19(23-13-15-5-9-21-10-6-15)14-30-18-3-1-17(2-4-18)26(28)29/h1-13H,14H2,(H,25,27)/b23-13?,24-19+. The van der Waals surface area contributed by atoms with E-state index in [1.54, 1.807) is 42.9 Å². The fraction of sp³-hybridized carbons (Fsp3) is 0.0500. The number of aliphatic imine (C=N–C) groups is 1. The molecule has 0 atom stereocenters. The molecule has 1 N–H and O–H groups in total. The minimum absolute atomic E-state index is 0.0448. The first-order valence-corrected chi connectivity index (χ1v) is 8.70. The molecule has 3 rings (SSSR count). The highest BCUT2D eigenvalue weighted by Crippen LogP contribution is 2.17. The van der Waals surface area contributed by atoms with Crippen LogP contribution in [0.15, 0.2) is 83.4 Å². The SMILES string of the molecule is O=C(N/N=C(\COc1ccc([N+](=O)[O-])cc1)N=Cc1ccncc1)c1ccncc1. The van der Waals surface area contributed by atoms with Crippen molar-refractivity contribution in [2.45, 2.75) is 0 Å². The van der Waals surface area contributed by atoms with Crippen molar-refractivity contribution in [2.75, 3.05) is 6.61 Å². The Morgan fingerprint density at radius 2 is 1.67 bits per heavy atom. The first-order chi connectivity index (χ1) is 14.6. The van der Waals surface area contributed by atoms with Gasteiger partial charge < -0.3 is 4.74 Å². The topological polar surface area (TPSA) is 132 Å². The molecule has 1 aromatic carbocycles. The van der Waals surface area contributed by atoms with Gasteiger partial charge in [0.1, 0.15) is 12.4 Å². The molecule has 2 aromatic heterocycles. The maximum atomic E-state index is 12.2. The number of benzene rings is 1. The molecule has 0 aliphatic carbocycles. The first-order valence-electron chi connectivity index (χ1n) is 8.70. The normalized spacial score (nSPS) is 11.3. The van der Waals surface area contributed by atoms with Crippen LogP contribution in [-0.4, -0.2) is 39.5 Å². The molecule has 0 bridgehead atoms. The van der Waals surface area contributed by atoms with E-state index in [9.17, 15) is 14.9 Å². The highest BCUT2D eigenvalue weighted by atomic mass is 16.6. The third-order valence-electron chi connectivity index (χ3n) is 3.71. The summed E-state index contributed by atoms with van der Waals surface area (Å²) in [5, 5.41) is 14.8. The zero-order valence-electron chi connectivity index (χ0n) is 15.6. The lowest BCUT2D eigenvalue weighted by Crippen LogP contribution is -2.21. The van der Waals surface area contributed by atoms with Crippen LogP contribution in [0.1, 0.15) is 15.9 Å². The van der Waals surface area contributed by atoms with E-state index in [2.05, 4.69) is 25.5 Å². The van der Waals surface area contributed by atoms with Gasteiger partial charge in [0, 0.05) is 48.7 Å². The quantitative estimate of drug-likeness (QED) is 0.279. The van der Waals surface area contributed by atoms with Gasteiger partial charge in [-0.3, -0.25) is 24.9 Å². The van der Waals surface area contributed by atoms with Gasteiger partial charge in [0.25, 0.3) is 11.6 Å². The second kappa shape index (κ2) is 10.2. The summed E-state index contributed by atoms with van der Waals surface area (Å²) in [5.41, 5.74) is 3.55. The van der Waals surface area contributed by atoms with Crippen LogP contribution in [0, 0.1) is 10.1 Å². The van der Waals surface area contributed by atoms with E-state index in [1.807, 2.05) is 0 Å². The van der Waals surface area contributed by atoms with Crippen molar-refractivity contribution < 1.29 is 14.5 Å². The monoisotopic (exact) mass is 404 g/mol. The second-order valence-electron chi connectivity index (χ2n) is 5.78. The van der Waals surface area contributed by atoms with Crippen molar-refractivity contribution in [3.05, 3.63) is 94.6 Å². The van der Waals surface area contributed by atoms with Crippen LogP contribution in [0.25, 0.3) is 0 Å². The number of non-ortho nitro benzene ring substituents is 1. The lowest BCUT2D eigenvalue weighted by atomic mass is 10.3. The van der Waals surface area contributed by atoms with E-state index in [0.717, 1.165) is 5.56 Å². The van der Waals surface area contributed by atoms with E-state index in [4.69, 9.17) is 4.74 Å². The summed E-state index contributed by atoms with van der Waals surface area (Å²) < 4.78 is 5.59. The minimum atomic E-state index is -0.496. The number of hydrogen-bond acceptors (Lipinski definition) is 7. The van der Waals surface area contributed by atoms with Crippen molar-refractivity contribution in [3.63, 3.8) is 0 Å². The third-order valence-corrected chi connectivity index (χ3v) is 3.71. The lowest BCUT2D eigenvalue weighted by molar-refractivity contribution is -0.384. The number of hydrogen-bond donors (Lipinski definition) is 1. The fourth-order valence-corrected chi connectivity index (χ4v) is 2.19.